The fourth-order valence-corrected chi connectivity index (χ4v) is 4.10. The normalized spacial score (nSPS) is 17.8. The highest BCUT2D eigenvalue weighted by Crippen LogP contribution is 2.33. The predicted octanol–water partition coefficient (Wildman–Crippen LogP) is 4.29. The summed E-state index contributed by atoms with van der Waals surface area (Å²) in [5, 5.41) is 13.7. The Morgan fingerprint density at radius 2 is 2.27 bits per heavy atom. The highest BCUT2D eigenvalue weighted by atomic mass is 32.1. The molecule has 2 aromatic rings. The molecule has 1 aliphatic heterocycles. The Balaban J connectivity index is 1.76. The molecule has 3 rings (SSSR count). The Labute approximate surface area is 157 Å². The Bertz CT molecular complexity index is 863. The van der Waals surface area contributed by atoms with Crippen molar-refractivity contribution >= 4 is 33.3 Å². The maximum Gasteiger partial charge on any atom is 0.410 e. The van der Waals surface area contributed by atoms with Gasteiger partial charge in [0.1, 0.15) is 17.5 Å². The van der Waals surface area contributed by atoms with Crippen LogP contribution in [0.2, 0.25) is 0 Å². The second-order valence-electron chi connectivity index (χ2n) is 7.64. The number of aromatic nitrogens is 1. The van der Waals surface area contributed by atoms with Gasteiger partial charge in [0.25, 0.3) is 0 Å². The molecule has 0 saturated carbocycles. The number of pyridine rings is 1. The summed E-state index contributed by atoms with van der Waals surface area (Å²) in [5.74, 6) is 0.777. The number of aryl methyl sites for hydroxylation is 1. The molecule has 1 atom stereocenters. The average Bonchev–Trinajstić information content (AvgIpc) is 2.96. The summed E-state index contributed by atoms with van der Waals surface area (Å²) in [5.41, 5.74) is 0.106. The molecule has 2 aromatic heterocycles. The first-order valence-electron chi connectivity index (χ1n) is 8.80. The van der Waals surface area contributed by atoms with Crippen molar-refractivity contribution in [2.75, 3.05) is 18.4 Å². The summed E-state index contributed by atoms with van der Waals surface area (Å²) in [6.07, 6.45) is 3.23. The van der Waals surface area contributed by atoms with Gasteiger partial charge in [-0.05, 0) is 46.6 Å². The van der Waals surface area contributed by atoms with Gasteiger partial charge in [-0.1, -0.05) is 0 Å². The summed E-state index contributed by atoms with van der Waals surface area (Å²) in [4.78, 5) is 19.7. The van der Waals surface area contributed by atoms with Gasteiger partial charge in [0, 0.05) is 35.6 Å². The molecule has 0 radical (unpaired) electrons. The standard InChI is InChI=1S/C19H24N4O2S/c1-12-8-15-16(26-12)13(9-20)10-21-17(15)22-14-6-5-7-23(11-14)18(24)25-19(2,3)4/h8,10,14H,5-7,11H2,1-4H3,(H,21,22). The number of anilines is 1. The number of piperidine rings is 1. The lowest BCUT2D eigenvalue weighted by Crippen LogP contribution is -2.47. The highest BCUT2D eigenvalue weighted by Gasteiger charge is 2.28. The van der Waals surface area contributed by atoms with E-state index >= 15 is 0 Å². The van der Waals surface area contributed by atoms with Crippen molar-refractivity contribution in [3.63, 3.8) is 0 Å². The van der Waals surface area contributed by atoms with E-state index in [2.05, 4.69) is 22.4 Å². The van der Waals surface area contributed by atoms with Gasteiger partial charge in [-0.3, -0.25) is 0 Å². The number of fused-ring (bicyclic) bond motifs is 1. The molecule has 6 nitrogen and oxygen atoms in total. The third-order valence-corrected chi connectivity index (χ3v) is 5.30. The second kappa shape index (κ2) is 7.12. The molecular weight excluding hydrogens is 348 g/mol. The van der Waals surface area contributed by atoms with Crippen LogP contribution in [0, 0.1) is 18.3 Å². The molecule has 1 aliphatic rings. The molecule has 3 heterocycles. The van der Waals surface area contributed by atoms with Gasteiger partial charge >= 0.3 is 6.09 Å². The third-order valence-electron chi connectivity index (χ3n) is 4.21. The zero-order valence-electron chi connectivity index (χ0n) is 15.6. The zero-order chi connectivity index (χ0) is 18.9. The minimum absolute atomic E-state index is 0.111. The van der Waals surface area contributed by atoms with E-state index in [-0.39, 0.29) is 12.1 Å². The topological polar surface area (TPSA) is 78.2 Å². The van der Waals surface area contributed by atoms with Crippen LogP contribution < -0.4 is 5.32 Å². The molecule has 1 unspecified atom stereocenters. The summed E-state index contributed by atoms with van der Waals surface area (Å²) < 4.78 is 6.45. The van der Waals surface area contributed by atoms with Crippen molar-refractivity contribution < 1.29 is 9.53 Å². The largest absolute Gasteiger partial charge is 0.444 e. The Morgan fingerprint density at radius 3 is 2.96 bits per heavy atom. The van der Waals surface area contributed by atoms with E-state index in [0.717, 1.165) is 33.6 Å². The zero-order valence-corrected chi connectivity index (χ0v) is 16.4. The van der Waals surface area contributed by atoms with Crippen LogP contribution in [0.3, 0.4) is 0 Å². The number of nitrogens with zero attached hydrogens (tertiary/aromatic N) is 3. The quantitative estimate of drug-likeness (QED) is 0.851. The van der Waals surface area contributed by atoms with E-state index in [1.165, 1.54) is 0 Å². The number of carbonyl (C=O) groups is 1. The molecule has 26 heavy (non-hydrogen) atoms. The van der Waals surface area contributed by atoms with E-state index in [1.54, 1.807) is 22.4 Å². The Hall–Kier alpha value is -2.33. The Kier molecular flexibility index (Phi) is 5.05. The van der Waals surface area contributed by atoms with Crippen LogP contribution in [0.1, 0.15) is 44.1 Å². The fraction of sp³-hybridized carbons (Fsp3) is 0.526. The van der Waals surface area contributed by atoms with Crippen LogP contribution in [-0.4, -0.2) is 40.7 Å². The van der Waals surface area contributed by atoms with Crippen molar-refractivity contribution in [3.05, 3.63) is 22.7 Å². The van der Waals surface area contributed by atoms with Gasteiger partial charge in [0.15, 0.2) is 0 Å². The van der Waals surface area contributed by atoms with Crippen LogP contribution in [0.5, 0.6) is 0 Å². The highest BCUT2D eigenvalue weighted by molar-refractivity contribution is 7.19. The van der Waals surface area contributed by atoms with Gasteiger partial charge in [0.05, 0.1) is 10.3 Å². The molecule has 0 spiro atoms. The third kappa shape index (κ3) is 4.07. The van der Waals surface area contributed by atoms with Crippen LogP contribution in [0.15, 0.2) is 12.3 Å². The number of thiophene rings is 1. The molecule has 0 aromatic carbocycles. The number of nitrogens with one attached hydrogen (secondary N) is 1. The first-order valence-corrected chi connectivity index (χ1v) is 9.62. The molecular formula is C19H24N4O2S. The molecule has 138 valence electrons. The number of ether oxygens (including phenoxy) is 1. The number of amides is 1. The lowest BCUT2D eigenvalue weighted by molar-refractivity contribution is 0.0206. The van der Waals surface area contributed by atoms with Crippen molar-refractivity contribution in [2.45, 2.75) is 52.2 Å². The summed E-state index contributed by atoms with van der Waals surface area (Å²) in [6.45, 7) is 8.95. The summed E-state index contributed by atoms with van der Waals surface area (Å²) >= 11 is 1.60. The van der Waals surface area contributed by atoms with Crippen LogP contribution in [0.25, 0.3) is 10.1 Å². The molecule has 7 heteroatoms. The van der Waals surface area contributed by atoms with Crippen molar-refractivity contribution in [2.24, 2.45) is 0 Å². The van der Waals surface area contributed by atoms with Crippen molar-refractivity contribution in [3.8, 4) is 6.07 Å². The SMILES string of the molecule is Cc1cc2c(NC3CCCN(C(=O)OC(C)(C)C)C3)ncc(C#N)c2s1. The number of rotatable bonds is 2. The van der Waals surface area contributed by atoms with Crippen LogP contribution in [-0.2, 0) is 4.74 Å². The molecule has 1 N–H and O–H groups in total. The molecule has 1 amide bonds. The van der Waals surface area contributed by atoms with Crippen LogP contribution >= 0.6 is 11.3 Å². The van der Waals surface area contributed by atoms with E-state index < -0.39 is 5.60 Å². The average molecular weight is 372 g/mol. The first kappa shape index (κ1) is 18.5. The van der Waals surface area contributed by atoms with Gasteiger partial charge < -0.3 is 15.0 Å². The van der Waals surface area contributed by atoms with Gasteiger partial charge in [-0.15, -0.1) is 11.3 Å². The minimum Gasteiger partial charge on any atom is -0.444 e. The van der Waals surface area contributed by atoms with Gasteiger partial charge in [0.2, 0.25) is 0 Å². The maximum absolute atomic E-state index is 12.3. The van der Waals surface area contributed by atoms with Crippen molar-refractivity contribution in [1.82, 2.24) is 9.88 Å². The van der Waals surface area contributed by atoms with Crippen molar-refractivity contribution in [1.29, 1.82) is 5.26 Å². The maximum atomic E-state index is 12.3. The molecule has 1 fully saturated rings. The Morgan fingerprint density at radius 1 is 1.50 bits per heavy atom. The van der Waals surface area contributed by atoms with E-state index in [4.69, 9.17) is 4.74 Å². The first-order chi connectivity index (χ1) is 12.3. The number of likely N-dealkylation sites (tertiary alicyclic amines) is 1. The van der Waals surface area contributed by atoms with Gasteiger partial charge in [-0.2, -0.15) is 5.26 Å². The van der Waals surface area contributed by atoms with E-state index in [1.807, 2.05) is 27.7 Å². The van der Waals surface area contributed by atoms with E-state index in [9.17, 15) is 10.1 Å². The smallest absolute Gasteiger partial charge is 0.410 e. The lowest BCUT2D eigenvalue weighted by atomic mass is 10.1. The number of hydrogen-bond acceptors (Lipinski definition) is 6. The predicted molar refractivity (Wildman–Crippen MR) is 104 cm³/mol. The number of hydrogen-bond donors (Lipinski definition) is 1. The number of carbonyl (C=O) groups excluding carboxylic acids is 1. The van der Waals surface area contributed by atoms with Crippen LogP contribution in [0.4, 0.5) is 10.6 Å². The minimum atomic E-state index is -0.494. The molecule has 1 saturated heterocycles. The molecule has 0 aliphatic carbocycles. The summed E-state index contributed by atoms with van der Waals surface area (Å²) in [7, 11) is 0. The van der Waals surface area contributed by atoms with Gasteiger partial charge in [-0.25, -0.2) is 9.78 Å². The monoisotopic (exact) mass is 372 g/mol. The van der Waals surface area contributed by atoms with E-state index in [0.29, 0.717) is 18.7 Å². The second-order valence-corrected chi connectivity index (χ2v) is 8.90. The summed E-state index contributed by atoms with van der Waals surface area (Å²) in [6, 6.07) is 4.38. The fourth-order valence-electron chi connectivity index (χ4n) is 3.12. The molecule has 0 bridgehead atoms. The number of nitriles is 1. The lowest BCUT2D eigenvalue weighted by Gasteiger charge is -2.34.